The summed E-state index contributed by atoms with van der Waals surface area (Å²) >= 11 is 1.54. The lowest BCUT2D eigenvalue weighted by molar-refractivity contribution is -0.116. The number of benzene rings is 3. The minimum atomic E-state index is -0.237. The number of thiazole rings is 1. The second-order valence-electron chi connectivity index (χ2n) is 8.72. The van der Waals surface area contributed by atoms with Crippen LogP contribution in [0.1, 0.15) is 34.6 Å². The fourth-order valence-electron chi connectivity index (χ4n) is 4.64. The average molecular weight is 497 g/mol. The molecule has 1 N–H and O–H groups in total. The first kappa shape index (κ1) is 22.3. The number of nitrogens with zero attached hydrogens (tertiary/aromatic N) is 3. The van der Waals surface area contributed by atoms with Crippen molar-refractivity contribution in [3.8, 4) is 16.6 Å². The first-order valence-corrected chi connectivity index (χ1v) is 12.5. The number of carbonyl (C=O) groups is 1. The molecule has 0 spiro atoms. The molecule has 5 aromatic rings. The SMILES string of the molecule is COc1cccc([C@H]2CC(=O)Nc3c2cnn3-c2nc3ccccc3s2)c1OCc1ccccc1C. The third-order valence-electron chi connectivity index (χ3n) is 6.52. The van der Waals surface area contributed by atoms with E-state index >= 15 is 0 Å². The highest BCUT2D eigenvalue weighted by atomic mass is 32.1. The van der Waals surface area contributed by atoms with Crippen LogP contribution >= 0.6 is 11.3 Å². The van der Waals surface area contributed by atoms with Crippen LogP contribution in [0.5, 0.6) is 11.5 Å². The maximum Gasteiger partial charge on any atom is 0.226 e. The van der Waals surface area contributed by atoms with Gasteiger partial charge in [-0.25, -0.2) is 4.98 Å². The van der Waals surface area contributed by atoms with E-state index in [-0.39, 0.29) is 18.2 Å². The number of para-hydroxylation sites is 2. The number of anilines is 1. The second-order valence-corrected chi connectivity index (χ2v) is 9.73. The van der Waals surface area contributed by atoms with Gasteiger partial charge in [0.2, 0.25) is 11.0 Å². The van der Waals surface area contributed by atoms with Gasteiger partial charge in [0.25, 0.3) is 0 Å². The van der Waals surface area contributed by atoms with Crippen LogP contribution < -0.4 is 14.8 Å². The van der Waals surface area contributed by atoms with E-state index in [0.717, 1.165) is 32.5 Å². The topological polar surface area (TPSA) is 78.3 Å². The molecule has 0 saturated carbocycles. The van der Waals surface area contributed by atoms with E-state index in [9.17, 15) is 4.79 Å². The zero-order valence-corrected chi connectivity index (χ0v) is 20.7. The average Bonchev–Trinajstić information content (AvgIpc) is 3.51. The molecule has 180 valence electrons. The molecule has 1 aliphatic heterocycles. The summed E-state index contributed by atoms with van der Waals surface area (Å²) in [5.74, 6) is 1.60. The molecule has 1 atom stereocenters. The van der Waals surface area contributed by atoms with Crippen LogP contribution in [-0.4, -0.2) is 27.8 Å². The van der Waals surface area contributed by atoms with Crippen molar-refractivity contribution in [1.82, 2.24) is 14.8 Å². The quantitative estimate of drug-likeness (QED) is 0.319. The first-order chi connectivity index (χ1) is 17.6. The highest BCUT2D eigenvalue weighted by Crippen LogP contribution is 2.45. The van der Waals surface area contributed by atoms with Gasteiger partial charge >= 0.3 is 0 Å². The number of fused-ring (bicyclic) bond motifs is 2. The number of hydrogen-bond donors (Lipinski definition) is 1. The van der Waals surface area contributed by atoms with E-state index in [1.165, 1.54) is 11.3 Å². The summed E-state index contributed by atoms with van der Waals surface area (Å²) in [6.45, 7) is 2.47. The third-order valence-corrected chi connectivity index (χ3v) is 7.53. The van der Waals surface area contributed by atoms with Gasteiger partial charge in [-0.15, -0.1) is 0 Å². The number of nitrogens with one attached hydrogen (secondary N) is 1. The van der Waals surface area contributed by atoms with E-state index in [4.69, 9.17) is 14.5 Å². The van der Waals surface area contributed by atoms with E-state index in [2.05, 4.69) is 29.5 Å². The lowest BCUT2D eigenvalue weighted by Gasteiger charge is -2.26. The molecule has 0 bridgehead atoms. The normalized spacial score (nSPS) is 14.9. The third kappa shape index (κ3) is 3.89. The lowest BCUT2D eigenvalue weighted by atomic mass is 9.86. The maximum absolute atomic E-state index is 12.9. The van der Waals surface area contributed by atoms with Crippen molar-refractivity contribution in [3.05, 3.63) is 95.2 Å². The van der Waals surface area contributed by atoms with E-state index in [1.54, 1.807) is 11.8 Å². The van der Waals surface area contributed by atoms with Gasteiger partial charge in [-0.1, -0.05) is 59.9 Å². The molecular formula is C28H24N4O3S. The smallest absolute Gasteiger partial charge is 0.226 e. The number of methoxy groups -OCH3 is 1. The molecule has 3 heterocycles. The molecule has 6 rings (SSSR count). The molecule has 0 unspecified atom stereocenters. The van der Waals surface area contributed by atoms with Crippen molar-refractivity contribution >= 4 is 33.3 Å². The number of hydrogen-bond acceptors (Lipinski definition) is 6. The number of ether oxygens (including phenoxy) is 2. The molecule has 0 radical (unpaired) electrons. The maximum atomic E-state index is 12.9. The monoisotopic (exact) mass is 496 g/mol. The summed E-state index contributed by atoms with van der Waals surface area (Å²) in [5.41, 5.74) is 4.97. The van der Waals surface area contributed by atoms with Gasteiger partial charge in [0.15, 0.2) is 11.5 Å². The molecule has 8 heteroatoms. The van der Waals surface area contributed by atoms with Crippen molar-refractivity contribution < 1.29 is 14.3 Å². The molecular weight excluding hydrogens is 472 g/mol. The highest BCUT2D eigenvalue weighted by molar-refractivity contribution is 7.20. The molecule has 2 aromatic heterocycles. The van der Waals surface area contributed by atoms with Gasteiger partial charge in [-0.2, -0.15) is 9.78 Å². The number of aryl methyl sites for hydroxylation is 1. The molecule has 3 aromatic carbocycles. The summed E-state index contributed by atoms with van der Waals surface area (Å²) in [4.78, 5) is 17.6. The van der Waals surface area contributed by atoms with E-state index < -0.39 is 0 Å². The van der Waals surface area contributed by atoms with Crippen LogP contribution in [0.15, 0.2) is 72.9 Å². The fraction of sp³-hybridized carbons (Fsp3) is 0.179. The summed E-state index contributed by atoms with van der Waals surface area (Å²) in [5, 5.41) is 8.36. The zero-order chi connectivity index (χ0) is 24.6. The molecule has 0 fully saturated rings. The molecule has 0 aliphatic carbocycles. The molecule has 1 aliphatic rings. The number of aromatic nitrogens is 3. The van der Waals surface area contributed by atoms with Crippen LogP contribution in [-0.2, 0) is 11.4 Å². The summed E-state index contributed by atoms with van der Waals surface area (Å²) in [7, 11) is 1.63. The first-order valence-electron chi connectivity index (χ1n) is 11.7. The summed E-state index contributed by atoms with van der Waals surface area (Å²) in [6, 6.07) is 21.9. The molecule has 7 nitrogen and oxygen atoms in total. The Morgan fingerprint density at radius 2 is 1.89 bits per heavy atom. The number of rotatable bonds is 6. The second kappa shape index (κ2) is 9.13. The van der Waals surface area contributed by atoms with Crippen molar-refractivity contribution in [1.29, 1.82) is 0 Å². The van der Waals surface area contributed by atoms with Gasteiger partial charge in [0, 0.05) is 23.5 Å². The molecule has 36 heavy (non-hydrogen) atoms. The number of amides is 1. The summed E-state index contributed by atoms with van der Waals surface area (Å²) < 4.78 is 14.8. The van der Waals surface area contributed by atoms with Crippen molar-refractivity contribution in [2.45, 2.75) is 25.9 Å². The molecule has 1 amide bonds. The Hall–Kier alpha value is -4.17. The zero-order valence-electron chi connectivity index (χ0n) is 19.9. The van der Waals surface area contributed by atoms with Gasteiger partial charge in [0.1, 0.15) is 12.4 Å². The van der Waals surface area contributed by atoms with Gasteiger partial charge < -0.3 is 14.8 Å². The largest absolute Gasteiger partial charge is 0.493 e. The van der Waals surface area contributed by atoms with Gasteiger partial charge in [-0.3, -0.25) is 4.79 Å². The van der Waals surface area contributed by atoms with Crippen LogP contribution in [0.3, 0.4) is 0 Å². The van der Waals surface area contributed by atoms with Crippen molar-refractivity contribution in [2.75, 3.05) is 12.4 Å². The van der Waals surface area contributed by atoms with Crippen LogP contribution in [0.4, 0.5) is 5.82 Å². The minimum Gasteiger partial charge on any atom is -0.493 e. The Morgan fingerprint density at radius 1 is 1.06 bits per heavy atom. The van der Waals surface area contributed by atoms with E-state index in [0.29, 0.717) is 29.1 Å². The number of carbonyl (C=O) groups excluding carboxylic acids is 1. The Kier molecular flexibility index (Phi) is 5.65. The predicted octanol–water partition coefficient (Wildman–Crippen LogP) is 5.85. The van der Waals surface area contributed by atoms with Gasteiger partial charge in [-0.05, 0) is 36.2 Å². The Bertz CT molecular complexity index is 1560. The molecule has 0 saturated heterocycles. The van der Waals surface area contributed by atoms with Crippen LogP contribution in [0, 0.1) is 6.92 Å². The Balaban J connectivity index is 1.41. The summed E-state index contributed by atoms with van der Waals surface area (Å²) in [6.07, 6.45) is 2.10. The van der Waals surface area contributed by atoms with E-state index in [1.807, 2.05) is 60.8 Å². The fourth-order valence-corrected chi connectivity index (χ4v) is 5.57. The van der Waals surface area contributed by atoms with Gasteiger partial charge in [0.05, 0.1) is 23.5 Å². The minimum absolute atomic E-state index is 0.0805. The van der Waals surface area contributed by atoms with Crippen LogP contribution in [0.2, 0.25) is 0 Å². The standard InChI is InChI=1S/C28H24N4O3S/c1-17-8-3-4-9-18(17)16-35-26-19(10-7-12-23(26)34-2)20-14-25(33)31-27-21(20)15-29-32(27)28-30-22-11-5-6-13-24(22)36-28/h3-13,15,20H,14,16H2,1-2H3,(H,31,33)/t20-/m1/s1. The van der Waals surface area contributed by atoms with Crippen molar-refractivity contribution in [3.63, 3.8) is 0 Å². The predicted molar refractivity (Wildman–Crippen MR) is 140 cm³/mol. The van der Waals surface area contributed by atoms with Crippen LogP contribution in [0.25, 0.3) is 15.3 Å². The Labute approximate surface area is 212 Å². The van der Waals surface area contributed by atoms with Crippen molar-refractivity contribution in [2.24, 2.45) is 0 Å². The lowest BCUT2D eigenvalue weighted by Crippen LogP contribution is -2.25. The highest BCUT2D eigenvalue weighted by Gasteiger charge is 2.33. The Morgan fingerprint density at radius 3 is 2.72 bits per heavy atom.